The minimum atomic E-state index is -0.128. The van der Waals surface area contributed by atoms with E-state index in [1.54, 1.807) is 24.4 Å². The molecule has 1 aromatic heterocycles. The van der Waals surface area contributed by atoms with Crippen LogP contribution in [0.4, 0.5) is 11.5 Å². The third kappa shape index (κ3) is 4.94. The van der Waals surface area contributed by atoms with Crippen LogP contribution < -0.4 is 16.4 Å². The van der Waals surface area contributed by atoms with Gasteiger partial charge in [0.1, 0.15) is 5.82 Å². The normalized spacial score (nSPS) is 10.6. The molecule has 0 radical (unpaired) electrons. The Morgan fingerprint density at radius 3 is 2.73 bits per heavy atom. The first kappa shape index (κ1) is 15.6. The van der Waals surface area contributed by atoms with E-state index < -0.39 is 0 Å². The Morgan fingerprint density at radius 2 is 2.00 bits per heavy atom. The number of anilines is 2. The molecule has 1 heterocycles. The largest absolute Gasteiger partial charge is 0.396 e. The number of hydrogen-bond donors (Lipinski definition) is 3. The lowest BCUT2D eigenvalue weighted by Gasteiger charge is -2.07. The maximum atomic E-state index is 11.7. The number of aromatic nitrogens is 1. The minimum absolute atomic E-state index is 0.128. The van der Waals surface area contributed by atoms with Crippen LogP contribution in [0.3, 0.4) is 0 Å². The average Bonchev–Trinajstić information content (AvgIpc) is 2.52. The summed E-state index contributed by atoms with van der Waals surface area (Å²) in [7, 11) is 0. The standard InChI is InChI=1S/C17H20N4O/c1-13-4-6-14(7-5-13)8-9-16(22)19-11-12-21-17-15(18)3-2-10-20-17/h2-10H,11-12,18H2,1H3,(H,19,22)(H,20,21)/b9-8+. The number of amides is 1. The predicted molar refractivity (Wildman–Crippen MR) is 90.4 cm³/mol. The Balaban J connectivity index is 1.72. The van der Waals surface area contributed by atoms with Gasteiger partial charge in [0, 0.05) is 25.4 Å². The van der Waals surface area contributed by atoms with Crippen molar-refractivity contribution in [1.82, 2.24) is 10.3 Å². The summed E-state index contributed by atoms with van der Waals surface area (Å²) in [5.74, 6) is 0.503. The molecule has 22 heavy (non-hydrogen) atoms. The van der Waals surface area contributed by atoms with E-state index in [0.29, 0.717) is 24.6 Å². The molecule has 0 aliphatic heterocycles. The van der Waals surface area contributed by atoms with E-state index in [9.17, 15) is 4.79 Å². The number of hydrogen-bond acceptors (Lipinski definition) is 4. The van der Waals surface area contributed by atoms with E-state index >= 15 is 0 Å². The van der Waals surface area contributed by atoms with Crippen LogP contribution in [0.2, 0.25) is 0 Å². The summed E-state index contributed by atoms with van der Waals surface area (Å²) in [5, 5.41) is 5.87. The average molecular weight is 296 g/mol. The van der Waals surface area contributed by atoms with Gasteiger partial charge in [-0.1, -0.05) is 29.8 Å². The van der Waals surface area contributed by atoms with Crippen LogP contribution in [-0.2, 0) is 4.79 Å². The molecule has 5 nitrogen and oxygen atoms in total. The van der Waals surface area contributed by atoms with Gasteiger partial charge < -0.3 is 16.4 Å². The van der Waals surface area contributed by atoms with E-state index in [0.717, 1.165) is 5.56 Å². The summed E-state index contributed by atoms with van der Waals surface area (Å²) in [6, 6.07) is 11.5. The Kier molecular flexibility index (Phi) is 5.54. The van der Waals surface area contributed by atoms with Crippen LogP contribution >= 0.6 is 0 Å². The van der Waals surface area contributed by atoms with Crippen LogP contribution in [0.15, 0.2) is 48.7 Å². The number of aryl methyl sites for hydroxylation is 1. The summed E-state index contributed by atoms with van der Waals surface area (Å²) in [5.41, 5.74) is 8.55. The molecular formula is C17H20N4O. The summed E-state index contributed by atoms with van der Waals surface area (Å²) in [4.78, 5) is 15.8. The molecule has 2 rings (SSSR count). The van der Waals surface area contributed by atoms with Gasteiger partial charge in [-0.2, -0.15) is 0 Å². The van der Waals surface area contributed by atoms with Gasteiger partial charge in [0.15, 0.2) is 0 Å². The van der Waals surface area contributed by atoms with Crippen LogP contribution in [-0.4, -0.2) is 24.0 Å². The van der Waals surface area contributed by atoms with Crippen molar-refractivity contribution in [3.05, 3.63) is 59.8 Å². The summed E-state index contributed by atoms with van der Waals surface area (Å²) in [6.07, 6.45) is 4.99. The van der Waals surface area contributed by atoms with Gasteiger partial charge in [0.05, 0.1) is 5.69 Å². The molecule has 2 aromatic rings. The summed E-state index contributed by atoms with van der Waals surface area (Å²) < 4.78 is 0. The van der Waals surface area contributed by atoms with E-state index in [-0.39, 0.29) is 5.91 Å². The van der Waals surface area contributed by atoms with Crippen molar-refractivity contribution in [2.75, 3.05) is 24.1 Å². The summed E-state index contributed by atoms with van der Waals surface area (Å²) in [6.45, 7) is 3.08. The van der Waals surface area contributed by atoms with Gasteiger partial charge in [0.25, 0.3) is 0 Å². The van der Waals surface area contributed by atoms with Gasteiger partial charge in [0.2, 0.25) is 5.91 Å². The van der Waals surface area contributed by atoms with Crippen molar-refractivity contribution in [3.63, 3.8) is 0 Å². The highest BCUT2D eigenvalue weighted by Crippen LogP contribution is 2.11. The zero-order chi connectivity index (χ0) is 15.8. The van der Waals surface area contributed by atoms with E-state index in [1.165, 1.54) is 11.6 Å². The fraction of sp³-hybridized carbons (Fsp3) is 0.176. The van der Waals surface area contributed by atoms with Crippen LogP contribution in [0.1, 0.15) is 11.1 Å². The molecule has 0 saturated carbocycles. The fourth-order valence-electron chi connectivity index (χ4n) is 1.84. The Labute approximate surface area is 130 Å². The van der Waals surface area contributed by atoms with Crippen molar-refractivity contribution >= 4 is 23.5 Å². The molecule has 0 spiro atoms. The molecule has 4 N–H and O–H groups in total. The van der Waals surface area contributed by atoms with E-state index in [4.69, 9.17) is 5.73 Å². The number of benzene rings is 1. The number of nitrogens with one attached hydrogen (secondary N) is 2. The number of carbonyl (C=O) groups excluding carboxylic acids is 1. The number of nitrogen functional groups attached to an aromatic ring is 1. The molecule has 0 bridgehead atoms. The van der Waals surface area contributed by atoms with Gasteiger partial charge >= 0.3 is 0 Å². The molecule has 0 aliphatic rings. The lowest BCUT2D eigenvalue weighted by atomic mass is 10.1. The molecule has 114 valence electrons. The molecule has 0 saturated heterocycles. The Morgan fingerprint density at radius 1 is 1.23 bits per heavy atom. The zero-order valence-corrected chi connectivity index (χ0v) is 12.5. The molecular weight excluding hydrogens is 276 g/mol. The number of carbonyl (C=O) groups is 1. The number of nitrogens with two attached hydrogens (primary N) is 1. The first-order valence-electron chi connectivity index (χ1n) is 7.12. The number of rotatable bonds is 6. The maximum Gasteiger partial charge on any atom is 0.244 e. The van der Waals surface area contributed by atoms with Crippen molar-refractivity contribution in [2.24, 2.45) is 0 Å². The number of nitrogens with zero attached hydrogens (tertiary/aromatic N) is 1. The second-order valence-corrected chi connectivity index (χ2v) is 4.90. The topological polar surface area (TPSA) is 80.0 Å². The second kappa shape index (κ2) is 7.83. The molecule has 0 atom stereocenters. The van der Waals surface area contributed by atoms with Crippen molar-refractivity contribution < 1.29 is 4.79 Å². The Hall–Kier alpha value is -2.82. The zero-order valence-electron chi connectivity index (χ0n) is 12.5. The van der Waals surface area contributed by atoms with E-state index in [1.807, 2.05) is 31.2 Å². The number of pyridine rings is 1. The minimum Gasteiger partial charge on any atom is -0.396 e. The quantitative estimate of drug-likeness (QED) is 0.564. The fourth-order valence-corrected chi connectivity index (χ4v) is 1.84. The smallest absolute Gasteiger partial charge is 0.244 e. The molecule has 1 aromatic carbocycles. The van der Waals surface area contributed by atoms with Crippen LogP contribution in [0, 0.1) is 6.92 Å². The van der Waals surface area contributed by atoms with Gasteiger partial charge in [-0.15, -0.1) is 0 Å². The van der Waals surface area contributed by atoms with Crippen LogP contribution in [0.5, 0.6) is 0 Å². The highest BCUT2D eigenvalue weighted by atomic mass is 16.1. The third-order valence-electron chi connectivity index (χ3n) is 3.06. The molecule has 0 unspecified atom stereocenters. The monoisotopic (exact) mass is 296 g/mol. The first-order chi connectivity index (χ1) is 10.6. The maximum absolute atomic E-state index is 11.7. The third-order valence-corrected chi connectivity index (χ3v) is 3.06. The molecule has 5 heteroatoms. The van der Waals surface area contributed by atoms with Crippen LogP contribution in [0.25, 0.3) is 6.08 Å². The van der Waals surface area contributed by atoms with Gasteiger partial charge in [-0.05, 0) is 30.7 Å². The molecule has 0 fully saturated rings. The van der Waals surface area contributed by atoms with Gasteiger partial charge in [-0.25, -0.2) is 4.98 Å². The second-order valence-electron chi connectivity index (χ2n) is 4.90. The molecule has 0 aliphatic carbocycles. The Bertz CT molecular complexity index is 650. The van der Waals surface area contributed by atoms with E-state index in [2.05, 4.69) is 15.6 Å². The van der Waals surface area contributed by atoms with Crippen molar-refractivity contribution in [1.29, 1.82) is 0 Å². The highest BCUT2D eigenvalue weighted by molar-refractivity contribution is 5.91. The SMILES string of the molecule is Cc1ccc(/C=C/C(=O)NCCNc2ncccc2N)cc1. The first-order valence-corrected chi connectivity index (χ1v) is 7.12. The van der Waals surface area contributed by atoms with Crippen molar-refractivity contribution in [3.8, 4) is 0 Å². The highest BCUT2D eigenvalue weighted by Gasteiger charge is 1.98. The van der Waals surface area contributed by atoms with Gasteiger partial charge in [-0.3, -0.25) is 4.79 Å². The summed E-state index contributed by atoms with van der Waals surface area (Å²) >= 11 is 0. The molecule has 1 amide bonds. The predicted octanol–water partition coefficient (Wildman–Crippen LogP) is 2.21. The van der Waals surface area contributed by atoms with Crippen molar-refractivity contribution in [2.45, 2.75) is 6.92 Å². The lowest BCUT2D eigenvalue weighted by Crippen LogP contribution is -2.27. The lowest BCUT2D eigenvalue weighted by molar-refractivity contribution is -0.116.